The summed E-state index contributed by atoms with van der Waals surface area (Å²) in [5, 5.41) is 7.07. The Morgan fingerprint density at radius 2 is 1.80 bits per heavy atom. The van der Waals surface area contributed by atoms with E-state index >= 15 is 0 Å². The second-order valence-corrected chi connectivity index (χ2v) is 6.63. The van der Waals surface area contributed by atoms with Gasteiger partial charge >= 0.3 is 6.01 Å². The number of rotatable bonds is 8. The third-order valence-corrected chi connectivity index (χ3v) is 4.51. The van der Waals surface area contributed by atoms with Crippen LogP contribution in [0.3, 0.4) is 0 Å². The summed E-state index contributed by atoms with van der Waals surface area (Å²) in [6.45, 7) is -0.0307. The summed E-state index contributed by atoms with van der Waals surface area (Å²) in [4.78, 5) is 18.4. The van der Waals surface area contributed by atoms with E-state index in [9.17, 15) is 4.79 Å². The van der Waals surface area contributed by atoms with Crippen LogP contribution < -0.4 is 24.4 Å². The summed E-state index contributed by atoms with van der Waals surface area (Å²) in [6.07, 6.45) is 0. The van der Waals surface area contributed by atoms with E-state index in [2.05, 4.69) is 15.5 Å². The Labute approximate surface area is 178 Å². The molecule has 9 nitrogen and oxygen atoms in total. The van der Waals surface area contributed by atoms with E-state index in [0.29, 0.717) is 28.0 Å². The first kappa shape index (κ1) is 21.3. The van der Waals surface area contributed by atoms with Crippen molar-refractivity contribution >= 4 is 29.2 Å². The van der Waals surface area contributed by atoms with Gasteiger partial charge in [0.2, 0.25) is 11.7 Å². The van der Waals surface area contributed by atoms with E-state index in [4.69, 9.17) is 30.3 Å². The molecule has 0 bridgehead atoms. The number of halogens is 1. The SMILES string of the molecule is COc1ccc(-c2noc(N(C)CC(=O)Nc3cc(Cl)c(OC)cc3OC)n2)cc1. The molecule has 30 heavy (non-hydrogen) atoms. The topological polar surface area (TPSA) is 99.0 Å². The predicted octanol–water partition coefficient (Wildman–Crippen LogP) is 3.49. The molecule has 1 N–H and O–H groups in total. The van der Waals surface area contributed by atoms with Crippen LogP contribution in [-0.2, 0) is 4.79 Å². The first-order valence-electron chi connectivity index (χ1n) is 8.85. The maximum atomic E-state index is 12.5. The highest BCUT2D eigenvalue weighted by Crippen LogP contribution is 2.35. The largest absolute Gasteiger partial charge is 0.497 e. The minimum absolute atomic E-state index is 0.0307. The highest BCUT2D eigenvalue weighted by atomic mass is 35.5. The Morgan fingerprint density at radius 3 is 2.43 bits per heavy atom. The van der Waals surface area contributed by atoms with Crippen molar-refractivity contribution in [2.75, 3.05) is 45.1 Å². The number of nitrogens with one attached hydrogen (secondary N) is 1. The van der Waals surface area contributed by atoms with Crippen molar-refractivity contribution in [3.05, 3.63) is 41.4 Å². The van der Waals surface area contributed by atoms with Crippen LogP contribution in [0.2, 0.25) is 5.02 Å². The zero-order valence-electron chi connectivity index (χ0n) is 16.9. The summed E-state index contributed by atoms with van der Waals surface area (Å²) in [5.74, 6) is 1.68. The number of likely N-dealkylation sites (N-methyl/N-ethyl adjacent to an activating group) is 1. The Hall–Kier alpha value is -3.46. The molecule has 0 unspecified atom stereocenters. The first-order valence-corrected chi connectivity index (χ1v) is 9.23. The van der Waals surface area contributed by atoms with E-state index in [-0.39, 0.29) is 18.5 Å². The van der Waals surface area contributed by atoms with Gasteiger partial charge in [0.05, 0.1) is 32.0 Å². The van der Waals surface area contributed by atoms with E-state index in [1.165, 1.54) is 19.1 Å². The highest BCUT2D eigenvalue weighted by molar-refractivity contribution is 6.32. The zero-order valence-corrected chi connectivity index (χ0v) is 17.7. The number of anilines is 2. The average Bonchev–Trinajstić information content (AvgIpc) is 3.24. The number of nitrogens with zero attached hydrogens (tertiary/aromatic N) is 3. The lowest BCUT2D eigenvalue weighted by Gasteiger charge is -2.16. The molecule has 10 heteroatoms. The van der Waals surface area contributed by atoms with Gasteiger partial charge in [-0.2, -0.15) is 4.98 Å². The molecule has 0 fully saturated rings. The molecule has 0 saturated carbocycles. The molecule has 1 aromatic heterocycles. The normalized spacial score (nSPS) is 10.4. The number of carbonyl (C=O) groups is 1. The van der Waals surface area contributed by atoms with Gasteiger partial charge in [-0.15, -0.1) is 0 Å². The van der Waals surface area contributed by atoms with Crippen LogP contribution in [0.4, 0.5) is 11.7 Å². The van der Waals surface area contributed by atoms with Crippen LogP contribution >= 0.6 is 11.6 Å². The number of carbonyl (C=O) groups excluding carboxylic acids is 1. The summed E-state index contributed by atoms with van der Waals surface area (Å²) in [6, 6.07) is 10.6. The Morgan fingerprint density at radius 1 is 1.10 bits per heavy atom. The quantitative estimate of drug-likeness (QED) is 0.577. The van der Waals surface area contributed by atoms with E-state index in [1.54, 1.807) is 38.4 Å². The number of aromatic nitrogens is 2. The van der Waals surface area contributed by atoms with Crippen molar-refractivity contribution in [2.45, 2.75) is 0 Å². The van der Waals surface area contributed by atoms with Crippen LogP contribution in [0, 0.1) is 0 Å². The van der Waals surface area contributed by atoms with Crippen molar-refractivity contribution in [1.82, 2.24) is 10.1 Å². The third kappa shape index (κ3) is 4.74. The van der Waals surface area contributed by atoms with Crippen LogP contribution in [0.25, 0.3) is 11.4 Å². The number of methoxy groups -OCH3 is 3. The number of amides is 1. The molecule has 1 heterocycles. The van der Waals surface area contributed by atoms with Gasteiger partial charge in [-0.1, -0.05) is 16.8 Å². The molecular weight excluding hydrogens is 412 g/mol. The number of hydrogen-bond acceptors (Lipinski definition) is 8. The molecule has 0 atom stereocenters. The van der Waals surface area contributed by atoms with E-state index in [1.807, 2.05) is 12.1 Å². The second-order valence-electron chi connectivity index (χ2n) is 6.22. The van der Waals surface area contributed by atoms with Crippen LogP contribution in [-0.4, -0.2) is 51.0 Å². The molecule has 0 aliphatic heterocycles. The van der Waals surface area contributed by atoms with E-state index < -0.39 is 0 Å². The smallest absolute Gasteiger partial charge is 0.324 e. The summed E-state index contributed by atoms with van der Waals surface area (Å²) in [7, 11) is 6.25. The lowest BCUT2D eigenvalue weighted by molar-refractivity contribution is -0.115. The Bertz CT molecular complexity index is 1020. The Balaban J connectivity index is 1.67. The van der Waals surface area contributed by atoms with Gasteiger partial charge in [-0.3, -0.25) is 4.79 Å². The molecule has 0 saturated heterocycles. The standard InChI is InChI=1S/C20H21ClN4O5/c1-25(20-23-19(24-30-20)12-5-7-13(27-2)8-6-12)11-18(26)22-15-9-14(21)16(28-3)10-17(15)29-4/h5-10H,11H2,1-4H3,(H,22,26). The molecule has 158 valence electrons. The predicted molar refractivity (Wildman–Crippen MR) is 113 cm³/mol. The molecule has 1 amide bonds. The van der Waals surface area contributed by atoms with Gasteiger partial charge in [0.25, 0.3) is 0 Å². The lowest BCUT2D eigenvalue weighted by atomic mass is 10.2. The van der Waals surface area contributed by atoms with Gasteiger partial charge in [-0.05, 0) is 30.3 Å². The van der Waals surface area contributed by atoms with Crippen molar-refractivity contribution < 1.29 is 23.5 Å². The first-order chi connectivity index (χ1) is 14.4. The fourth-order valence-electron chi connectivity index (χ4n) is 2.66. The van der Waals surface area contributed by atoms with Crippen LogP contribution in [0.1, 0.15) is 0 Å². The molecule has 0 radical (unpaired) electrons. The fourth-order valence-corrected chi connectivity index (χ4v) is 2.90. The lowest BCUT2D eigenvalue weighted by Crippen LogP contribution is -2.30. The highest BCUT2D eigenvalue weighted by Gasteiger charge is 2.17. The summed E-state index contributed by atoms with van der Waals surface area (Å²) < 4.78 is 20.9. The monoisotopic (exact) mass is 432 g/mol. The molecule has 3 rings (SSSR count). The van der Waals surface area contributed by atoms with E-state index in [0.717, 1.165) is 11.3 Å². The van der Waals surface area contributed by atoms with Gasteiger partial charge in [0.15, 0.2) is 0 Å². The molecule has 0 spiro atoms. The molecule has 3 aromatic rings. The number of hydrogen-bond donors (Lipinski definition) is 1. The van der Waals surface area contributed by atoms with Crippen LogP contribution in [0.15, 0.2) is 40.9 Å². The van der Waals surface area contributed by atoms with Gasteiger partial charge in [0.1, 0.15) is 23.8 Å². The van der Waals surface area contributed by atoms with Gasteiger partial charge in [0, 0.05) is 18.7 Å². The third-order valence-electron chi connectivity index (χ3n) is 4.22. The van der Waals surface area contributed by atoms with Crippen LogP contribution in [0.5, 0.6) is 17.2 Å². The summed E-state index contributed by atoms with van der Waals surface area (Å²) >= 11 is 6.14. The van der Waals surface area contributed by atoms with Crippen molar-refractivity contribution in [1.29, 1.82) is 0 Å². The molecule has 0 aliphatic rings. The van der Waals surface area contributed by atoms with Gasteiger partial charge < -0.3 is 29.0 Å². The van der Waals surface area contributed by atoms with Crippen molar-refractivity contribution in [3.8, 4) is 28.6 Å². The maximum absolute atomic E-state index is 12.5. The fraction of sp³-hybridized carbons (Fsp3) is 0.250. The molecule has 2 aromatic carbocycles. The zero-order chi connectivity index (χ0) is 21.7. The number of benzene rings is 2. The van der Waals surface area contributed by atoms with Crippen molar-refractivity contribution in [2.24, 2.45) is 0 Å². The molecular formula is C20H21ClN4O5. The summed E-state index contributed by atoms with van der Waals surface area (Å²) in [5.41, 5.74) is 1.19. The second kappa shape index (κ2) is 9.36. The minimum atomic E-state index is -0.318. The Kier molecular flexibility index (Phi) is 6.63. The maximum Gasteiger partial charge on any atom is 0.324 e. The van der Waals surface area contributed by atoms with Crippen molar-refractivity contribution in [3.63, 3.8) is 0 Å². The average molecular weight is 433 g/mol. The molecule has 0 aliphatic carbocycles. The van der Waals surface area contributed by atoms with Gasteiger partial charge in [-0.25, -0.2) is 0 Å². The minimum Gasteiger partial charge on any atom is -0.497 e. The number of ether oxygens (including phenoxy) is 3.